The van der Waals surface area contributed by atoms with Crippen molar-refractivity contribution in [2.75, 3.05) is 7.11 Å². The molecule has 0 heterocycles. The van der Waals surface area contributed by atoms with Gasteiger partial charge in [0.1, 0.15) is 12.1 Å². The second-order valence-electron chi connectivity index (χ2n) is 2.82. The number of ether oxygens (including phenoxy) is 1. The van der Waals surface area contributed by atoms with Crippen molar-refractivity contribution in [2.45, 2.75) is 6.10 Å². The number of hydrogen-bond acceptors (Lipinski definition) is 4. The molecule has 15 heavy (non-hydrogen) atoms. The normalized spacial score (nSPS) is 11.9. The summed E-state index contributed by atoms with van der Waals surface area (Å²) in [4.78, 5) is 21.5. The number of esters is 1. The summed E-state index contributed by atoms with van der Waals surface area (Å²) < 4.78 is 17.1. The third kappa shape index (κ3) is 2.38. The SMILES string of the molecule is COC(=O)C(O)c1cc(F)ccc1C=O. The van der Waals surface area contributed by atoms with E-state index >= 15 is 0 Å². The molecule has 1 N–H and O–H groups in total. The Morgan fingerprint density at radius 2 is 2.27 bits per heavy atom. The first-order valence-electron chi connectivity index (χ1n) is 4.10. The third-order valence-electron chi connectivity index (χ3n) is 1.89. The zero-order valence-electron chi connectivity index (χ0n) is 7.94. The third-order valence-corrected chi connectivity index (χ3v) is 1.89. The second-order valence-corrected chi connectivity index (χ2v) is 2.82. The van der Waals surface area contributed by atoms with Gasteiger partial charge in [-0.15, -0.1) is 0 Å². The molecule has 0 aliphatic rings. The van der Waals surface area contributed by atoms with Crippen LogP contribution >= 0.6 is 0 Å². The van der Waals surface area contributed by atoms with Gasteiger partial charge in [0.2, 0.25) is 0 Å². The molecular formula is C10H9FO4. The van der Waals surface area contributed by atoms with Crippen molar-refractivity contribution in [3.63, 3.8) is 0 Å². The molecule has 1 unspecified atom stereocenters. The number of benzene rings is 1. The van der Waals surface area contributed by atoms with E-state index in [4.69, 9.17) is 0 Å². The lowest BCUT2D eigenvalue weighted by atomic mass is 10.0. The van der Waals surface area contributed by atoms with Gasteiger partial charge in [0, 0.05) is 11.1 Å². The molecule has 0 amide bonds. The van der Waals surface area contributed by atoms with E-state index in [9.17, 15) is 19.1 Å². The van der Waals surface area contributed by atoms with E-state index in [1.807, 2.05) is 0 Å². The van der Waals surface area contributed by atoms with Crippen LogP contribution in [0, 0.1) is 5.82 Å². The van der Waals surface area contributed by atoms with Crippen LogP contribution in [0.3, 0.4) is 0 Å². The molecule has 0 aromatic heterocycles. The van der Waals surface area contributed by atoms with Crippen LogP contribution in [0.25, 0.3) is 0 Å². The Balaban J connectivity index is 3.16. The summed E-state index contributed by atoms with van der Waals surface area (Å²) in [6.45, 7) is 0. The molecule has 1 atom stereocenters. The van der Waals surface area contributed by atoms with Gasteiger partial charge in [0.25, 0.3) is 0 Å². The Hall–Kier alpha value is -1.75. The lowest BCUT2D eigenvalue weighted by molar-refractivity contribution is -0.150. The minimum absolute atomic E-state index is 0.0503. The summed E-state index contributed by atoms with van der Waals surface area (Å²) in [5, 5.41) is 9.43. The topological polar surface area (TPSA) is 63.6 Å². The molecule has 0 saturated carbocycles. The molecule has 0 aliphatic carbocycles. The van der Waals surface area contributed by atoms with Crippen LogP contribution in [0.15, 0.2) is 18.2 Å². The Labute approximate surface area is 85.3 Å². The highest BCUT2D eigenvalue weighted by Crippen LogP contribution is 2.19. The highest BCUT2D eigenvalue weighted by molar-refractivity contribution is 5.83. The van der Waals surface area contributed by atoms with Crippen molar-refractivity contribution in [3.8, 4) is 0 Å². The van der Waals surface area contributed by atoms with Gasteiger partial charge in [-0.25, -0.2) is 9.18 Å². The van der Waals surface area contributed by atoms with Crippen molar-refractivity contribution >= 4 is 12.3 Å². The van der Waals surface area contributed by atoms with Gasteiger partial charge in [-0.05, 0) is 18.2 Å². The maximum absolute atomic E-state index is 12.8. The standard InChI is InChI=1S/C10H9FO4/c1-15-10(14)9(13)8-4-7(11)3-2-6(8)5-12/h2-5,9,13H,1H3. The van der Waals surface area contributed by atoms with Gasteiger partial charge in [-0.3, -0.25) is 4.79 Å². The van der Waals surface area contributed by atoms with Crippen molar-refractivity contribution in [2.24, 2.45) is 0 Å². The summed E-state index contributed by atoms with van der Waals surface area (Å²) in [5.74, 6) is -1.58. The van der Waals surface area contributed by atoms with E-state index in [1.54, 1.807) is 0 Å². The van der Waals surface area contributed by atoms with E-state index < -0.39 is 17.9 Å². The quantitative estimate of drug-likeness (QED) is 0.595. The van der Waals surface area contributed by atoms with Gasteiger partial charge < -0.3 is 9.84 Å². The van der Waals surface area contributed by atoms with Crippen LogP contribution < -0.4 is 0 Å². The molecular weight excluding hydrogens is 203 g/mol. The first-order chi connectivity index (χ1) is 7.10. The summed E-state index contributed by atoms with van der Waals surface area (Å²) in [5.41, 5.74) is -0.0499. The molecule has 0 spiro atoms. The number of methoxy groups -OCH3 is 1. The van der Waals surface area contributed by atoms with Crippen LogP contribution in [0.5, 0.6) is 0 Å². The van der Waals surface area contributed by atoms with Crippen molar-refractivity contribution in [1.82, 2.24) is 0 Å². The average Bonchev–Trinajstić information content (AvgIpc) is 2.27. The number of halogens is 1. The average molecular weight is 212 g/mol. The number of hydrogen-bond donors (Lipinski definition) is 1. The number of aliphatic hydroxyl groups is 1. The molecule has 4 nitrogen and oxygen atoms in total. The van der Waals surface area contributed by atoms with Crippen molar-refractivity contribution < 1.29 is 23.8 Å². The molecule has 5 heteroatoms. The molecule has 0 bridgehead atoms. The summed E-state index contributed by atoms with van der Waals surface area (Å²) in [6.07, 6.45) is -1.22. The molecule has 1 rings (SSSR count). The predicted molar refractivity (Wildman–Crippen MR) is 48.8 cm³/mol. The van der Waals surface area contributed by atoms with Gasteiger partial charge in [0.05, 0.1) is 7.11 Å². The summed E-state index contributed by atoms with van der Waals surface area (Å²) in [6, 6.07) is 3.17. The highest BCUT2D eigenvalue weighted by atomic mass is 19.1. The molecule has 1 aromatic carbocycles. The molecule has 0 aliphatic heterocycles. The fourth-order valence-electron chi connectivity index (χ4n) is 1.13. The molecule has 1 aromatic rings. The van der Waals surface area contributed by atoms with Crippen molar-refractivity contribution in [1.29, 1.82) is 0 Å². The van der Waals surface area contributed by atoms with E-state index in [0.29, 0.717) is 6.29 Å². The molecule has 80 valence electrons. The zero-order chi connectivity index (χ0) is 11.4. The first kappa shape index (κ1) is 11.3. The van der Waals surface area contributed by atoms with Gasteiger partial charge >= 0.3 is 5.97 Å². The van der Waals surface area contributed by atoms with Crippen LogP contribution in [0.4, 0.5) is 4.39 Å². The van der Waals surface area contributed by atoms with Gasteiger partial charge in [-0.1, -0.05) is 0 Å². The van der Waals surface area contributed by atoms with Crippen LogP contribution in [0.1, 0.15) is 22.0 Å². The van der Waals surface area contributed by atoms with Gasteiger partial charge in [0.15, 0.2) is 6.10 Å². The lowest BCUT2D eigenvalue weighted by Crippen LogP contribution is -2.15. The minimum atomic E-state index is -1.65. The van der Waals surface area contributed by atoms with Gasteiger partial charge in [-0.2, -0.15) is 0 Å². The van der Waals surface area contributed by atoms with E-state index in [-0.39, 0.29) is 11.1 Å². The Morgan fingerprint density at radius 3 is 2.80 bits per heavy atom. The van der Waals surface area contributed by atoms with Crippen molar-refractivity contribution in [3.05, 3.63) is 35.1 Å². The fraction of sp³-hybridized carbons (Fsp3) is 0.200. The highest BCUT2D eigenvalue weighted by Gasteiger charge is 2.21. The number of rotatable bonds is 3. The van der Waals surface area contributed by atoms with Crippen LogP contribution in [0.2, 0.25) is 0 Å². The largest absolute Gasteiger partial charge is 0.467 e. The van der Waals surface area contributed by atoms with E-state index in [0.717, 1.165) is 19.2 Å². The number of carbonyl (C=O) groups excluding carboxylic acids is 2. The minimum Gasteiger partial charge on any atom is -0.467 e. The number of carbonyl (C=O) groups is 2. The van der Waals surface area contributed by atoms with E-state index in [1.165, 1.54) is 6.07 Å². The first-order valence-corrected chi connectivity index (χ1v) is 4.10. The molecule has 0 saturated heterocycles. The molecule has 0 radical (unpaired) electrons. The summed E-state index contributed by atoms with van der Waals surface area (Å²) in [7, 11) is 1.09. The number of aldehydes is 1. The lowest BCUT2D eigenvalue weighted by Gasteiger charge is -2.10. The number of aliphatic hydroxyl groups excluding tert-OH is 1. The fourth-order valence-corrected chi connectivity index (χ4v) is 1.13. The monoisotopic (exact) mass is 212 g/mol. The van der Waals surface area contributed by atoms with Crippen LogP contribution in [-0.4, -0.2) is 24.5 Å². The zero-order valence-corrected chi connectivity index (χ0v) is 7.94. The Bertz CT molecular complexity index is 389. The maximum atomic E-state index is 12.8. The van der Waals surface area contributed by atoms with E-state index in [2.05, 4.69) is 4.74 Å². The summed E-state index contributed by atoms with van der Waals surface area (Å²) >= 11 is 0. The Morgan fingerprint density at radius 1 is 1.60 bits per heavy atom. The maximum Gasteiger partial charge on any atom is 0.339 e. The second kappa shape index (κ2) is 4.65. The molecule has 0 fully saturated rings. The Kier molecular flexibility index (Phi) is 3.51. The smallest absolute Gasteiger partial charge is 0.339 e. The van der Waals surface area contributed by atoms with Crippen LogP contribution in [-0.2, 0) is 9.53 Å². The predicted octanol–water partition coefficient (Wildman–Crippen LogP) is 0.845.